The van der Waals surface area contributed by atoms with E-state index < -0.39 is 23.7 Å². The van der Waals surface area contributed by atoms with Crippen LogP contribution in [-0.2, 0) is 23.7 Å². The van der Waals surface area contributed by atoms with Crippen molar-refractivity contribution in [2.24, 2.45) is 0 Å². The van der Waals surface area contributed by atoms with Crippen molar-refractivity contribution in [1.29, 1.82) is 0 Å². The van der Waals surface area contributed by atoms with Crippen LogP contribution < -0.4 is 0 Å². The summed E-state index contributed by atoms with van der Waals surface area (Å²) in [5.74, 6) is -2.96. The number of carbonyl (C=O) groups excluding carboxylic acids is 3. The molecule has 7 nitrogen and oxygen atoms in total. The van der Waals surface area contributed by atoms with Crippen molar-refractivity contribution in [2.75, 3.05) is 13.2 Å². The molecule has 1 atom stereocenters. The standard InChI is InChI=1S/C14H10O7/c15-12-9-3-1-2-4-10(9)13(16)21-11(7-20-12)14(17)19-6-8-5-18-8/h1-4,7-8H,5-6H2/b11-7-. The number of rotatable bonds is 3. The highest BCUT2D eigenvalue weighted by Gasteiger charge is 2.29. The third-order valence-electron chi connectivity index (χ3n) is 2.85. The van der Waals surface area contributed by atoms with Crippen molar-refractivity contribution in [3.63, 3.8) is 0 Å². The summed E-state index contributed by atoms with van der Waals surface area (Å²) in [7, 11) is 0. The van der Waals surface area contributed by atoms with E-state index in [1.165, 1.54) is 12.1 Å². The molecule has 0 saturated carbocycles. The van der Waals surface area contributed by atoms with Crippen molar-refractivity contribution in [3.8, 4) is 0 Å². The highest BCUT2D eigenvalue weighted by atomic mass is 16.6. The zero-order valence-corrected chi connectivity index (χ0v) is 10.7. The number of cyclic esters (lactones) is 2. The Balaban J connectivity index is 1.79. The molecule has 2 heterocycles. The molecule has 21 heavy (non-hydrogen) atoms. The summed E-state index contributed by atoms with van der Waals surface area (Å²) in [5, 5.41) is 0. The van der Waals surface area contributed by atoms with Gasteiger partial charge in [-0.25, -0.2) is 14.4 Å². The second-order valence-corrected chi connectivity index (χ2v) is 4.38. The Hall–Kier alpha value is -2.67. The first kappa shape index (κ1) is 13.3. The van der Waals surface area contributed by atoms with Gasteiger partial charge in [0.25, 0.3) is 5.76 Å². The molecule has 0 radical (unpaired) electrons. The second kappa shape index (κ2) is 5.37. The maximum absolute atomic E-state index is 12.0. The Bertz CT molecular complexity index is 642. The lowest BCUT2D eigenvalue weighted by molar-refractivity contribution is -0.143. The smallest absolute Gasteiger partial charge is 0.377 e. The van der Waals surface area contributed by atoms with E-state index in [1.807, 2.05) is 0 Å². The van der Waals surface area contributed by atoms with Gasteiger partial charge in [-0.1, -0.05) is 12.1 Å². The Morgan fingerprint density at radius 3 is 2.52 bits per heavy atom. The number of esters is 3. The minimum absolute atomic E-state index is 0.0198. The topological polar surface area (TPSA) is 91.4 Å². The molecule has 1 aromatic carbocycles. The normalized spacial score (nSPS) is 22.7. The molecule has 0 N–H and O–H groups in total. The molecular weight excluding hydrogens is 280 g/mol. The SMILES string of the molecule is O=C(OCC1CO1)/C1=C/OC(=O)c2ccccc2C(=O)O1. The van der Waals surface area contributed by atoms with E-state index in [0.717, 1.165) is 6.26 Å². The van der Waals surface area contributed by atoms with Gasteiger partial charge in [-0.2, -0.15) is 0 Å². The first-order chi connectivity index (χ1) is 10.1. The average Bonchev–Trinajstić information content (AvgIpc) is 3.31. The van der Waals surface area contributed by atoms with E-state index in [2.05, 4.69) is 0 Å². The lowest BCUT2D eigenvalue weighted by Crippen LogP contribution is -2.21. The van der Waals surface area contributed by atoms with Gasteiger partial charge >= 0.3 is 17.9 Å². The van der Waals surface area contributed by atoms with Gasteiger partial charge in [-0.05, 0) is 12.1 Å². The van der Waals surface area contributed by atoms with E-state index in [0.29, 0.717) is 6.61 Å². The van der Waals surface area contributed by atoms with E-state index in [9.17, 15) is 14.4 Å². The van der Waals surface area contributed by atoms with Crippen LogP contribution in [0.2, 0.25) is 0 Å². The van der Waals surface area contributed by atoms with Gasteiger partial charge in [0, 0.05) is 0 Å². The highest BCUT2D eigenvalue weighted by molar-refractivity contribution is 6.05. The summed E-state index contributed by atoms with van der Waals surface area (Å²) in [6.07, 6.45) is 0.647. The Morgan fingerprint density at radius 2 is 1.86 bits per heavy atom. The van der Waals surface area contributed by atoms with E-state index in [4.69, 9.17) is 18.9 Å². The number of hydrogen-bond acceptors (Lipinski definition) is 7. The van der Waals surface area contributed by atoms with Crippen LogP contribution in [0.25, 0.3) is 0 Å². The average molecular weight is 290 g/mol. The first-order valence-corrected chi connectivity index (χ1v) is 6.16. The third-order valence-corrected chi connectivity index (χ3v) is 2.85. The molecule has 0 amide bonds. The van der Waals surface area contributed by atoms with Gasteiger partial charge in [0.05, 0.1) is 17.7 Å². The zero-order chi connectivity index (χ0) is 14.8. The molecule has 0 aromatic heterocycles. The molecule has 7 heteroatoms. The summed E-state index contributed by atoms with van der Waals surface area (Å²) < 4.78 is 19.5. The Labute approximate surface area is 119 Å². The number of carbonyl (C=O) groups is 3. The van der Waals surface area contributed by atoms with Crippen molar-refractivity contribution in [2.45, 2.75) is 6.10 Å². The number of epoxide rings is 1. The zero-order valence-electron chi connectivity index (χ0n) is 10.7. The maximum Gasteiger partial charge on any atom is 0.377 e. The minimum Gasteiger partial charge on any atom is -0.457 e. The van der Waals surface area contributed by atoms with Gasteiger partial charge in [-0.3, -0.25) is 0 Å². The Kier molecular flexibility index (Phi) is 3.41. The molecule has 0 spiro atoms. The van der Waals surface area contributed by atoms with Crippen molar-refractivity contribution in [3.05, 3.63) is 47.4 Å². The van der Waals surface area contributed by atoms with Gasteiger partial charge in [0.1, 0.15) is 19.0 Å². The molecule has 2 aliphatic rings. The van der Waals surface area contributed by atoms with Crippen molar-refractivity contribution in [1.82, 2.24) is 0 Å². The lowest BCUT2D eigenvalue weighted by Gasteiger charge is -2.13. The predicted octanol–water partition coefficient (Wildman–Crippen LogP) is 0.797. The second-order valence-electron chi connectivity index (χ2n) is 4.38. The molecule has 3 rings (SSSR count). The van der Waals surface area contributed by atoms with Crippen molar-refractivity contribution >= 4 is 17.9 Å². The van der Waals surface area contributed by atoms with Crippen LogP contribution in [0.15, 0.2) is 36.3 Å². The highest BCUT2D eigenvalue weighted by Crippen LogP contribution is 2.18. The van der Waals surface area contributed by atoms with E-state index in [-0.39, 0.29) is 23.8 Å². The Morgan fingerprint density at radius 1 is 1.19 bits per heavy atom. The van der Waals surface area contributed by atoms with Gasteiger partial charge < -0.3 is 18.9 Å². The van der Waals surface area contributed by atoms with Crippen LogP contribution in [0.4, 0.5) is 0 Å². The van der Waals surface area contributed by atoms with E-state index in [1.54, 1.807) is 12.1 Å². The lowest BCUT2D eigenvalue weighted by atomic mass is 10.1. The molecule has 1 saturated heterocycles. The predicted molar refractivity (Wildman–Crippen MR) is 66.1 cm³/mol. The third kappa shape index (κ3) is 2.92. The molecular formula is C14H10O7. The van der Waals surface area contributed by atoms with Gasteiger partial charge in [-0.15, -0.1) is 0 Å². The quantitative estimate of drug-likeness (QED) is 0.462. The molecule has 0 bridgehead atoms. The number of ether oxygens (including phenoxy) is 4. The number of hydrogen-bond donors (Lipinski definition) is 0. The summed E-state index contributed by atoms with van der Waals surface area (Å²) in [6, 6.07) is 6.00. The number of fused-ring (bicyclic) bond motifs is 1. The van der Waals surface area contributed by atoms with E-state index >= 15 is 0 Å². The summed E-state index contributed by atoms with van der Waals surface area (Å²) in [4.78, 5) is 35.5. The van der Waals surface area contributed by atoms with Crippen LogP contribution in [-0.4, -0.2) is 37.2 Å². The minimum atomic E-state index is -0.897. The number of benzene rings is 1. The van der Waals surface area contributed by atoms with Gasteiger partial charge in [0.15, 0.2) is 0 Å². The molecule has 1 aromatic rings. The fraction of sp³-hybridized carbons (Fsp3) is 0.214. The van der Waals surface area contributed by atoms with Crippen LogP contribution in [0.5, 0.6) is 0 Å². The molecule has 1 unspecified atom stereocenters. The fourth-order valence-electron chi connectivity index (χ4n) is 1.68. The summed E-state index contributed by atoms with van der Waals surface area (Å²) in [5.41, 5.74) is 0.0870. The molecule has 1 fully saturated rings. The maximum atomic E-state index is 12.0. The van der Waals surface area contributed by atoms with Crippen molar-refractivity contribution < 1.29 is 33.3 Å². The fourth-order valence-corrected chi connectivity index (χ4v) is 1.68. The molecule has 2 aliphatic heterocycles. The van der Waals surface area contributed by atoms with Gasteiger partial charge in [0.2, 0.25) is 0 Å². The molecule has 108 valence electrons. The first-order valence-electron chi connectivity index (χ1n) is 6.16. The van der Waals surface area contributed by atoms with Crippen LogP contribution in [0.1, 0.15) is 20.7 Å². The van der Waals surface area contributed by atoms with Crippen LogP contribution >= 0.6 is 0 Å². The molecule has 0 aliphatic carbocycles. The van der Waals surface area contributed by atoms with Crippen LogP contribution in [0.3, 0.4) is 0 Å². The monoisotopic (exact) mass is 290 g/mol. The largest absolute Gasteiger partial charge is 0.457 e. The summed E-state index contributed by atoms with van der Waals surface area (Å²) >= 11 is 0. The van der Waals surface area contributed by atoms with Crippen LogP contribution in [0, 0.1) is 0 Å². The summed E-state index contributed by atoms with van der Waals surface area (Å²) in [6.45, 7) is 0.576.